The molecular weight excluding hydrogens is 207 g/mol. The summed E-state index contributed by atoms with van der Waals surface area (Å²) in [6, 6.07) is 0. The first-order chi connectivity index (χ1) is 7.01. The fourth-order valence-electron chi connectivity index (χ4n) is 1.13. The summed E-state index contributed by atoms with van der Waals surface area (Å²) in [5.74, 6) is 0.624. The van der Waals surface area contributed by atoms with Crippen LogP contribution in [-0.2, 0) is 13.0 Å². The van der Waals surface area contributed by atoms with Crippen LogP contribution in [0, 0.1) is 0 Å². The average Bonchev–Trinajstić information content (AvgIpc) is 2.58. The molecular formula is C9H14F3N3. The third kappa shape index (κ3) is 4.80. The predicted octanol–water partition coefficient (Wildman–Crippen LogP) is 2.57. The molecule has 6 heteroatoms. The molecule has 15 heavy (non-hydrogen) atoms. The van der Waals surface area contributed by atoms with Gasteiger partial charge in [-0.15, -0.1) is 0 Å². The van der Waals surface area contributed by atoms with E-state index in [2.05, 4.69) is 10.1 Å². The van der Waals surface area contributed by atoms with Crippen LogP contribution in [0.1, 0.15) is 32.0 Å². The fraction of sp³-hybridized carbons (Fsp3) is 0.778. The Morgan fingerprint density at radius 2 is 2.13 bits per heavy atom. The van der Waals surface area contributed by atoms with Crippen molar-refractivity contribution < 1.29 is 13.2 Å². The van der Waals surface area contributed by atoms with Crippen LogP contribution in [-0.4, -0.2) is 20.9 Å². The van der Waals surface area contributed by atoms with Gasteiger partial charge in [-0.25, -0.2) is 4.98 Å². The van der Waals surface area contributed by atoms with Crippen LogP contribution >= 0.6 is 0 Å². The first kappa shape index (κ1) is 12.0. The molecule has 0 saturated heterocycles. The van der Waals surface area contributed by atoms with Crippen molar-refractivity contribution in [3.8, 4) is 0 Å². The van der Waals surface area contributed by atoms with E-state index in [1.807, 2.05) is 6.92 Å². The second kappa shape index (κ2) is 5.14. The van der Waals surface area contributed by atoms with Crippen LogP contribution < -0.4 is 0 Å². The van der Waals surface area contributed by atoms with Crippen molar-refractivity contribution in [1.29, 1.82) is 0 Å². The first-order valence-electron chi connectivity index (χ1n) is 4.96. The Hall–Kier alpha value is -1.07. The van der Waals surface area contributed by atoms with E-state index >= 15 is 0 Å². The van der Waals surface area contributed by atoms with Crippen molar-refractivity contribution in [3.05, 3.63) is 12.2 Å². The largest absolute Gasteiger partial charge is 0.390 e. The molecule has 0 radical (unpaired) electrons. The van der Waals surface area contributed by atoms with Crippen LogP contribution in [0.25, 0.3) is 0 Å². The van der Waals surface area contributed by atoms with Crippen molar-refractivity contribution in [2.24, 2.45) is 0 Å². The Labute approximate surface area is 86.3 Å². The highest BCUT2D eigenvalue weighted by Gasteiger charge is 2.26. The number of halogens is 3. The molecule has 0 saturated carbocycles. The number of rotatable bonds is 5. The van der Waals surface area contributed by atoms with E-state index in [0.29, 0.717) is 5.82 Å². The van der Waals surface area contributed by atoms with E-state index in [4.69, 9.17) is 0 Å². The number of nitrogens with zero attached hydrogens (tertiary/aromatic N) is 3. The lowest BCUT2D eigenvalue weighted by atomic mass is 10.2. The summed E-state index contributed by atoms with van der Waals surface area (Å²) in [7, 11) is 0. The number of aryl methyl sites for hydroxylation is 2. The highest BCUT2D eigenvalue weighted by atomic mass is 19.4. The molecule has 0 aromatic carbocycles. The van der Waals surface area contributed by atoms with E-state index < -0.39 is 12.6 Å². The average molecular weight is 221 g/mol. The van der Waals surface area contributed by atoms with Crippen molar-refractivity contribution in [3.63, 3.8) is 0 Å². The van der Waals surface area contributed by atoms with Crippen LogP contribution in [0.5, 0.6) is 0 Å². The number of hydrogen-bond acceptors (Lipinski definition) is 2. The second-order valence-electron chi connectivity index (χ2n) is 3.39. The maximum Gasteiger partial charge on any atom is 0.390 e. The molecule has 0 spiro atoms. The molecule has 0 aliphatic rings. The van der Waals surface area contributed by atoms with Gasteiger partial charge in [0.2, 0.25) is 0 Å². The SMILES string of the molecule is CCCCc1ncn(CCC(F)(F)F)n1. The Kier molecular flexibility index (Phi) is 4.11. The third-order valence-corrected chi connectivity index (χ3v) is 1.96. The lowest BCUT2D eigenvalue weighted by Crippen LogP contribution is -2.12. The van der Waals surface area contributed by atoms with Crippen molar-refractivity contribution >= 4 is 0 Å². The fourth-order valence-corrected chi connectivity index (χ4v) is 1.13. The second-order valence-corrected chi connectivity index (χ2v) is 3.39. The smallest absolute Gasteiger partial charge is 0.252 e. The lowest BCUT2D eigenvalue weighted by molar-refractivity contribution is -0.137. The highest BCUT2D eigenvalue weighted by molar-refractivity contribution is 4.81. The number of hydrogen-bond donors (Lipinski definition) is 0. The van der Waals surface area contributed by atoms with E-state index in [-0.39, 0.29) is 6.54 Å². The Bertz CT molecular complexity index is 293. The number of unbranched alkanes of at least 4 members (excludes halogenated alkanes) is 1. The third-order valence-electron chi connectivity index (χ3n) is 1.96. The summed E-state index contributed by atoms with van der Waals surface area (Å²) in [5.41, 5.74) is 0. The van der Waals surface area contributed by atoms with Crippen molar-refractivity contribution in [1.82, 2.24) is 14.8 Å². The lowest BCUT2D eigenvalue weighted by Gasteiger charge is -2.04. The van der Waals surface area contributed by atoms with Gasteiger partial charge in [0.25, 0.3) is 0 Å². The predicted molar refractivity (Wildman–Crippen MR) is 49.3 cm³/mol. The summed E-state index contributed by atoms with van der Waals surface area (Å²) in [6.07, 6.45) is -0.911. The molecule has 0 atom stereocenters. The summed E-state index contributed by atoms with van der Waals surface area (Å²) in [5, 5.41) is 3.96. The molecule has 3 nitrogen and oxygen atoms in total. The van der Waals surface area contributed by atoms with E-state index in [1.165, 1.54) is 11.0 Å². The van der Waals surface area contributed by atoms with Gasteiger partial charge in [0.15, 0.2) is 5.82 Å². The molecule has 0 amide bonds. The standard InChI is InChI=1S/C9H14F3N3/c1-2-3-4-8-13-7-15(14-8)6-5-9(10,11)12/h7H,2-6H2,1H3. The van der Waals surface area contributed by atoms with E-state index in [1.54, 1.807) is 0 Å². The molecule has 1 aromatic heterocycles. The van der Waals surface area contributed by atoms with Crippen molar-refractivity contribution in [2.75, 3.05) is 0 Å². The van der Waals surface area contributed by atoms with Crippen LogP contribution in [0.4, 0.5) is 13.2 Å². The van der Waals surface area contributed by atoms with Gasteiger partial charge in [-0.2, -0.15) is 18.3 Å². The molecule has 1 rings (SSSR count). The maximum atomic E-state index is 11.9. The Balaban J connectivity index is 2.39. The van der Waals surface area contributed by atoms with E-state index in [0.717, 1.165) is 19.3 Å². The van der Waals surface area contributed by atoms with Gasteiger partial charge in [-0.05, 0) is 6.42 Å². The van der Waals surface area contributed by atoms with Crippen LogP contribution in [0.15, 0.2) is 6.33 Å². The quantitative estimate of drug-likeness (QED) is 0.765. The van der Waals surface area contributed by atoms with Gasteiger partial charge in [0.05, 0.1) is 13.0 Å². The Morgan fingerprint density at radius 3 is 2.73 bits per heavy atom. The summed E-state index contributed by atoms with van der Waals surface area (Å²) >= 11 is 0. The minimum atomic E-state index is -4.13. The molecule has 0 N–H and O–H groups in total. The Morgan fingerprint density at radius 1 is 1.40 bits per heavy atom. The minimum absolute atomic E-state index is 0.150. The molecule has 1 heterocycles. The number of alkyl halides is 3. The molecule has 0 bridgehead atoms. The summed E-state index contributed by atoms with van der Waals surface area (Å²) < 4.78 is 36.9. The molecule has 0 aliphatic carbocycles. The first-order valence-corrected chi connectivity index (χ1v) is 4.96. The van der Waals surface area contributed by atoms with Crippen molar-refractivity contribution in [2.45, 2.75) is 45.3 Å². The van der Waals surface area contributed by atoms with Gasteiger partial charge >= 0.3 is 6.18 Å². The zero-order chi connectivity index (χ0) is 11.3. The van der Waals surface area contributed by atoms with Gasteiger partial charge in [0.1, 0.15) is 6.33 Å². The zero-order valence-electron chi connectivity index (χ0n) is 8.59. The maximum absolute atomic E-state index is 11.9. The topological polar surface area (TPSA) is 30.7 Å². The summed E-state index contributed by atoms with van der Waals surface area (Å²) in [6.45, 7) is 1.89. The van der Waals surface area contributed by atoms with Crippen LogP contribution in [0.3, 0.4) is 0 Å². The zero-order valence-corrected chi connectivity index (χ0v) is 8.59. The summed E-state index contributed by atoms with van der Waals surface area (Å²) in [4.78, 5) is 3.94. The molecule has 0 fully saturated rings. The normalized spacial score (nSPS) is 12.0. The number of aromatic nitrogens is 3. The van der Waals surface area contributed by atoms with Crippen LogP contribution in [0.2, 0.25) is 0 Å². The van der Waals surface area contributed by atoms with Gasteiger partial charge in [0, 0.05) is 6.42 Å². The molecule has 0 unspecified atom stereocenters. The van der Waals surface area contributed by atoms with Gasteiger partial charge in [-0.1, -0.05) is 13.3 Å². The molecule has 1 aromatic rings. The van der Waals surface area contributed by atoms with Gasteiger partial charge in [-0.3, -0.25) is 4.68 Å². The van der Waals surface area contributed by atoms with Gasteiger partial charge < -0.3 is 0 Å². The minimum Gasteiger partial charge on any atom is -0.252 e. The molecule has 0 aliphatic heterocycles. The van der Waals surface area contributed by atoms with E-state index in [9.17, 15) is 13.2 Å². The highest BCUT2D eigenvalue weighted by Crippen LogP contribution is 2.19. The molecule has 86 valence electrons. The monoisotopic (exact) mass is 221 g/mol.